The smallest absolute Gasteiger partial charge is 0.244 e. The number of rotatable bonds is 7. The third-order valence-electron chi connectivity index (χ3n) is 4.93. The van der Waals surface area contributed by atoms with Crippen LogP contribution in [0.25, 0.3) is 11.0 Å². The molecule has 4 aromatic rings. The minimum Gasteiger partial charge on any atom is -0.493 e. The number of carbonyl (C=O) groups is 2. The van der Waals surface area contributed by atoms with Crippen LogP contribution in [0.1, 0.15) is 16.2 Å². The fourth-order valence-corrected chi connectivity index (χ4v) is 3.52. The second-order valence-electron chi connectivity index (χ2n) is 6.96. The van der Waals surface area contributed by atoms with Crippen LogP contribution < -0.4 is 14.8 Å². The van der Waals surface area contributed by atoms with Crippen molar-refractivity contribution < 1.29 is 19.1 Å². The second kappa shape index (κ2) is 9.11. The summed E-state index contributed by atoms with van der Waals surface area (Å²) in [5, 5.41) is 3.36. The first-order valence-corrected chi connectivity index (χ1v) is 10.2. The molecule has 7 nitrogen and oxygen atoms in total. The van der Waals surface area contributed by atoms with Gasteiger partial charge in [-0.25, -0.2) is 4.98 Å². The van der Waals surface area contributed by atoms with Gasteiger partial charge in [0, 0.05) is 22.3 Å². The number of methoxy groups -OCH3 is 2. The molecule has 0 radical (unpaired) electrons. The van der Waals surface area contributed by atoms with Gasteiger partial charge in [0.15, 0.2) is 17.3 Å². The van der Waals surface area contributed by atoms with Crippen LogP contribution in [0, 0.1) is 0 Å². The van der Waals surface area contributed by atoms with Crippen LogP contribution in [0.4, 0.5) is 5.69 Å². The van der Waals surface area contributed by atoms with E-state index in [1.54, 1.807) is 60.2 Å². The summed E-state index contributed by atoms with van der Waals surface area (Å²) >= 11 is 5.94. The van der Waals surface area contributed by atoms with E-state index in [-0.39, 0.29) is 24.1 Å². The van der Waals surface area contributed by atoms with E-state index in [0.717, 1.165) is 0 Å². The van der Waals surface area contributed by atoms with Gasteiger partial charge in [-0.15, -0.1) is 0 Å². The first-order chi connectivity index (χ1) is 15.5. The molecular formula is C24H20ClN3O4. The van der Waals surface area contributed by atoms with E-state index >= 15 is 0 Å². The SMILES string of the molecule is COc1ccc(NC(=O)Cn2c(C(=O)c3ccc(Cl)cc3)nc3ccccc32)cc1OC. The highest BCUT2D eigenvalue weighted by Gasteiger charge is 2.21. The lowest BCUT2D eigenvalue weighted by molar-refractivity contribution is -0.116. The lowest BCUT2D eigenvalue weighted by atomic mass is 10.1. The molecule has 4 rings (SSSR count). The third-order valence-corrected chi connectivity index (χ3v) is 5.19. The highest BCUT2D eigenvalue weighted by molar-refractivity contribution is 6.30. The molecule has 0 fully saturated rings. The topological polar surface area (TPSA) is 82.5 Å². The molecule has 0 saturated carbocycles. The molecule has 0 unspecified atom stereocenters. The average Bonchev–Trinajstić information content (AvgIpc) is 3.17. The summed E-state index contributed by atoms with van der Waals surface area (Å²) in [6.07, 6.45) is 0. The van der Waals surface area contributed by atoms with Gasteiger partial charge in [0.25, 0.3) is 0 Å². The summed E-state index contributed by atoms with van der Waals surface area (Å²) in [5.74, 6) is 0.622. The average molecular weight is 450 g/mol. The Balaban J connectivity index is 1.65. The van der Waals surface area contributed by atoms with Crippen molar-refractivity contribution in [1.29, 1.82) is 0 Å². The maximum absolute atomic E-state index is 13.2. The number of nitrogens with zero attached hydrogens (tertiary/aromatic N) is 2. The number of benzene rings is 3. The molecule has 1 amide bonds. The molecule has 3 aromatic carbocycles. The molecular weight excluding hydrogens is 430 g/mol. The summed E-state index contributed by atoms with van der Waals surface area (Å²) in [4.78, 5) is 30.5. The molecule has 1 heterocycles. The van der Waals surface area contributed by atoms with E-state index < -0.39 is 0 Å². The van der Waals surface area contributed by atoms with Gasteiger partial charge in [-0.05, 0) is 48.5 Å². The van der Waals surface area contributed by atoms with Gasteiger partial charge in [0.05, 0.1) is 25.3 Å². The Bertz CT molecular complexity index is 1300. The van der Waals surface area contributed by atoms with Crippen LogP contribution in [0.2, 0.25) is 5.02 Å². The van der Waals surface area contributed by atoms with Crippen molar-refractivity contribution in [3.05, 3.63) is 83.1 Å². The molecule has 0 bridgehead atoms. The summed E-state index contributed by atoms with van der Waals surface area (Å²) in [5.41, 5.74) is 2.30. The number of nitrogens with one attached hydrogen (secondary N) is 1. The summed E-state index contributed by atoms with van der Waals surface area (Å²) in [7, 11) is 3.06. The Morgan fingerprint density at radius 2 is 1.69 bits per heavy atom. The van der Waals surface area contributed by atoms with Gasteiger partial charge in [0.1, 0.15) is 6.54 Å². The fraction of sp³-hybridized carbons (Fsp3) is 0.125. The number of anilines is 1. The largest absolute Gasteiger partial charge is 0.493 e. The molecule has 1 N–H and O–H groups in total. The number of hydrogen-bond donors (Lipinski definition) is 1. The molecule has 0 saturated heterocycles. The van der Waals surface area contributed by atoms with Gasteiger partial charge in [0.2, 0.25) is 11.7 Å². The van der Waals surface area contributed by atoms with E-state index in [2.05, 4.69) is 10.3 Å². The zero-order chi connectivity index (χ0) is 22.7. The number of halogens is 1. The Kier molecular flexibility index (Phi) is 6.09. The number of carbonyl (C=O) groups excluding carboxylic acids is 2. The Morgan fingerprint density at radius 3 is 2.41 bits per heavy atom. The van der Waals surface area contributed by atoms with Crippen molar-refractivity contribution in [2.24, 2.45) is 0 Å². The van der Waals surface area contributed by atoms with Crippen molar-refractivity contribution in [3.8, 4) is 11.5 Å². The molecule has 0 aliphatic heterocycles. The molecule has 0 atom stereocenters. The van der Waals surface area contributed by atoms with E-state index in [0.29, 0.717) is 38.8 Å². The molecule has 0 aliphatic rings. The van der Waals surface area contributed by atoms with Gasteiger partial charge in [-0.2, -0.15) is 0 Å². The zero-order valence-electron chi connectivity index (χ0n) is 17.5. The zero-order valence-corrected chi connectivity index (χ0v) is 18.2. The molecule has 8 heteroatoms. The van der Waals surface area contributed by atoms with Crippen LogP contribution >= 0.6 is 11.6 Å². The Morgan fingerprint density at radius 1 is 0.969 bits per heavy atom. The van der Waals surface area contributed by atoms with Gasteiger partial charge < -0.3 is 19.4 Å². The van der Waals surface area contributed by atoms with Gasteiger partial charge >= 0.3 is 0 Å². The minimum absolute atomic E-state index is 0.0937. The highest BCUT2D eigenvalue weighted by atomic mass is 35.5. The number of ether oxygens (including phenoxy) is 2. The third kappa shape index (κ3) is 4.29. The molecule has 1 aromatic heterocycles. The molecule has 32 heavy (non-hydrogen) atoms. The number of hydrogen-bond acceptors (Lipinski definition) is 5. The summed E-state index contributed by atoms with van der Waals surface area (Å²) in [6.45, 7) is -0.0937. The normalized spacial score (nSPS) is 10.7. The van der Waals surface area contributed by atoms with Crippen LogP contribution in [0.15, 0.2) is 66.7 Å². The summed E-state index contributed by atoms with van der Waals surface area (Å²) < 4.78 is 12.1. The van der Waals surface area contributed by atoms with E-state index in [9.17, 15) is 9.59 Å². The van der Waals surface area contributed by atoms with Crippen molar-refractivity contribution in [3.63, 3.8) is 0 Å². The van der Waals surface area contributed by atoms with Crippen LogP contribution in [0.3, 0.4) is 0 Å². The maximum atomic E-state index is 13.2. The lowest BCUT2D eigenvalue weighted by Crippen LogP contribution is -2.22. The first kappa shape index (κ1) is 21.4. The van der Waals surface area contributed by atoms with Crippen molar-refractivity contribution in [2.45, 2.75) is 6.54 Å². The number of amides is 1. The lowest BCUT2D eigenvalue weighted by Gasteiger charge is -2.12. The standard InChI is InChI=1S/C24H20ClN3O4/c1-31-20-12-11-17(13-21(20)32-2)26-22(29)14-28-19-6-4-3-5-18(19)27-24(28)23(30)15-7-9-16(25)10-8-15/h3-13H,14H2,1-2H3,(H,26,29). The van der Waals surface area contributed by atoms with Crippen LogP contribution in [0.5, 0.6) is 11.5 Å². The van der Waals surface area contributed by atoms with Crippen LogP contribution in [-0.4, -0.2) is 35.5 Å². The number of aromatic nitrogens is 2. The monoisotopic (exact) mass is 449 g/mol. The van der Waals surface area contributed by atoms with Gasteiger partial charge in [-0.3, -0.25) is 9.59 Å². The van der Waals surface area contributed by atoms with Crippen molar-refractivity contribution >= 4 is 40.0 Å². The highest BCUT2D eigenvalue weighted by Crippen LogP contribution is 2.30. The van der Waals surface area contributed by atoms with E-state index in [4.69, 9.17) is 21.1 Å². The van der Waals surface area contributed by atoms with Crippen LogP contribution in [-0.2, 0) is 11.3 Å². The molecule has 0 spiro atoms. The number of para-hydroxylation sites is 2. The quantitative estimate of drug-likeness (QED) is 0.418. The number of ketones is 1. The maximum Gasteiger partial charge on any atom is 0.244 e. The Hall–Kier alpha value is -3.84. The number of imidazole rings is 1. The fourth-order valence-electron chi connectivity index (χ4n) is 3.40. The van der Waals surface area contributed by atoms with Crippen molar-refractivity contribution in [2.75, 3.05) is 19.5 Å². The second-order valence-corrected chi connectivity index (χ2v) is 7.40. The first-order valence-electron chi connectivity index (χ1n) is 9.77. The molecule has 0 aliphatic carbocycles. The van der Waals surface area contributed by atoms with E-state index in [1.807, 2.05) is 18.2 Å². The molecule has 162 valence electrons. The Labute approximate surface area is 189 Å². The predicted molar refractivity (Wildman–Crippen MR) is 123 cm³/mol. The van der Waals surface area contributed by atoms with Crippen molar-refractivity contribution in [1.82, 2.24) is 9.55 Å². The number of fused-ring (bicyclic) bond motifs is 1. The van der Waals surface area contributed by atoms with Gasteiger partial charge in [-0.1, -0.05) is 23.7 Å². The predicted octanol–water partition coefficient (Wildman–Crippen LogP) is 4.58. The minimum atomic E-state index is -0.314. The van der Waals surface area contributed by atoms with E-state index in [1.165, 1.54) is 7.11 Å². The summed E-state index contributed by atoms with van der Waals surface area (Å²) in [6, 6.07) is 18.9.